The zero-order valence-electron chi connectivity index (χ0n) is 11.3. The molecule has 3 rings (SSSR count). The number of rotatable bonds is 3. The third-order valence-corrected chi connectivity index (χ3v) is 4.17. The Bertz CT molecular complexity index is 536. The van der Waals surface area contributed by atoms with E-state index < -0.39 is 0 Å². The maximum Gasteiger partial charge on any atom is 0.0402 e. The molecule has 1 aliphatic carbocycles. The quantitative estimate of drug-likeness (QED) is 0.905. The predicted molar refractivity (Wildman–Crippen MR) is 78.2 cm³/mol. The summed E-state index contributed by atoms with van der Waals surface area (Å²) in [6, 6.07) is 13.4. The Kier molecular flexibility index (Phi) is 3.60. The van der Waals surface area contributed by atoms with Gasteiger partial charge < -0.3 is 5.32 Å². The van der Waals surface area contributed by atoms with E-state index >= 15 is 0 Å². The molecule has 0 saturated heterocycles. The second kappa shape index (κ2) is 5.54. The molecule has 1 aromatic carbocycles. The molecule has 1 heterocycles. The number of fused-ring (bicyclic) bond motifs is 1. The van der Waals surface area contributed by atoms with Gasteiger partial charge in [0.25, 0.3) is 0 Å². The lowest BCUT2D eigenvalue weighted by molar-refractivity contribution is 0.424. The van der Waals surface area contributed by atoms with Crippen molar-refractivity contribution >= 4 is 0 Å². The SMILES string of the molecule is CNC(c1cccnc1)C1CCCc2ccccc21. The molecule has 2 atom stereocenters. The number of likely N-dealkylation sites (N-methyl/N-ethyl adjacent to an activating group) is 1. The van der Waals surface area contributed by atoms with Gasteiger partial charge in [0.2, 0.25) is 0 Å². The highest BCUT2D eigenvalue weighted by Crippen LogP contribution is 2.39. The van der Waals surface area contributed by atoms with Crippen LogP contribution in [0.15, 0.2) is 48.8 Å². The zero-order chi connectivity index (χ0) is 13.1. The molecule has 0 bridgehead atoms. The van der Waals surface area contributed by atoms with Crippen molar-refractivity contribution in [3.63, 3.8) is 0 Å². The first-order valence-electron chi connectivity index (χ1n) is 7.05. The molecular weight excluding hydrogens is 232 g/mol. The Balaban J connectivity index is 1.97. The number of benzene rings is 1. The van der Waals surface area contributed by atoms with Gasteiger partial charge in [0.1, 0.15) is 0 Å². The first kappa shape index (κ1) is 12.4. The van der Waals surface area contributed by atoms with Crippen molar-refractivity contribution in [2.24, 2.45) is 0 Å². The molecule has 1 N–H and O–H groups in total. The maximum absolute atomic E-state index is 4.26. The van der Waals surface area contributed by atoms with Gasteiger partial charge in [-0.2, -0.15) is 0 Å². The van der Waals surface area contributed by atoms with E-state index in [-0.39, 0.29) is 0 Å². The van der Waals surface area contributed by atoms with Crippen LogP contribution in [-0.4, -0.2) is 12.0 Å². The summed E-state index contributed by atoms with van der Waals surface area (Å²) in [5.74, 6) is 0.555. The highest BCUT2D eigenvalue weighted by molar-refractivity contribution is 5.35. The van der Waals surface area contributed by atoms with E-state index in [9.17, 15) is 0 Å². The molecule has 98 valence electrons. The van der Waals surface area contributed by atoms with E-state index in [0.29, 0.717) is 12.0 Å². The van der Waals surface area contributed by atoms with E-state index in [0.717, 1.165) is 0 Å². The standard InChI is InChI=1S/C17H20N2/c1-18-17(14-8-5-11-19-12-14)16-10-4-7-13-6-2-3-9-15(13)16/h2-3,5-6,8-9,11-12,16-18H,4,7,10H2,1H3. The van der Waals surface area contributed by atoms with Gasteiger partial charge in [-0.3, -0.25) is 4.98 Å². The minimum absolute atomic E-state index is 0.357. The Morgan fingerprint density at radius 3 is 2.89 bits per heavy atom. The molecule has 1 aromatic heterocycles. The molecular formula is C17H20N2. The summed E-state index contributed by atoms with van der Waals surface area (Å²) in [7, 11) is 2.05. The molecule has 2 nitrogen and oxygen atoms in total. The van der Waals surface area contributed by atoms with Gasteiger partial charge in [-0.15, -0.1) is 0 Å². The van der Waals surface area contributed by atoms with Gasteiger partial charge in [0.15, 0.2) is 0 Å². The fraction of sp³-hybridized carbons (Fsp3) is 0.353. The number of aromatic nitrogens is 1. The van der Waals surface area contributed by atoms with E-state index in [1.807, 2.05) is 18.5 Å². The van der Waals surface area contributed by atoms with Crippen molar-refractivity contribution in [1.82, 2.24) is 10.3 Å². The van der Waals surface area contributed by atoms with Crippen LogP contribution >= 0.6 is 0 Å². The van der Waals surface area contributed by atoms with Crippen molar-refractivity contribution in [2.45, 2.75) is 31.2 Å². The average Bonchev–Trinajstić information content (AvgIpc) is 2.49. The lowest BCUT2D eigenvalue weighted by Crippen LogP contribution is -2.26. The first-order valence-corrected chi connectivity index (χ1v) is 7.05. The largest absolute Gasteiger partial charge is 0.312 e. The molecule has 2 heteroatoms. The minimum Gasteiger partial charge on any atom is -0.312 e. The van der Waals surface area contributed by atoms with Crippen LogP contribution in [0.3, 0.4) is 0 Å². The van der Waals surface area contributed by atoms with Crippen LogP contribution in [0.25, 0.3) is 0 Å². The third-order valence-electron chi connectivity index (χ3n) is 4.17. The summed E-state index contributed by atoms with van der Waals surface area (Å²) < 4.78 is 0. The van der Waals surface area contributed by atoms with Crippen LogP contribution in [0.2, 0.25) is 0 Å². The minimum atomic E-state index is 0.357. The Morgan fingerprint density at radius 1 is 1.21 bits per heavy atom. The number of nitrogens with zero attached hydrogens (tertiary/aromatic N) is 1. The fourth-order valence-electron chi connectivity index (χ4n) is 3.30. The normalized spacial score (nSPS) is 19.7. The Labute approximate surface area is 114 Å². The van der Waals surface area contributed by atoms with Gasteiger partial charge in [-0.25, -0.2) is 0 Å². The number of hydrogen-bond acceptors (Lipinski definition) is 2. The average molecular weight is 252 g/mol. The fourth-order valence-corrected chi connectivity index (χ4v) is 3.30. The lowest BCUT2D eigenvalue weighted by atomic mass is 9.77. The van der Waals surface area contributed by atoms with E-state index in [2.05, 4.69) is 47.7 Å². The number of pyridine rings is 1. The van der Waals surface area contributed by atoms with E-state index in [4.69, 9.17) is 0 Å². The summed E-state index contributed by atoms with van der Waals surface area (Å²) >= 11 is 0. The van der Waals surface area contributed by atoms with Crippen LogP contribution in [0.4, 0.5) is 0 Å². The molecule has 0 saturated carbocycles. The molecule has 0 amide bonds. The van der Waals surface area contributed by atoms with Crippen LogP contribution < -0.4 is 5.32 Å². The number of hydrogen-bond donors (Lipinski definition) is 1. The molecule has 0 spiro atoms. The van der Waals surface area contributed by atoms with E-state index in [1.54, 1.807) is 0 Å². The Hall–Kier alpha value is -1.67. The van der Waals surface area contributed by atoms with Crippen LogP contribution in [0.5, 0.6) is 0 Å². The van der Waals surface area contributed by atoms with Crippen molar-refractivity contribution in [1.29, 1.82) is 0 Å². The zero-order valence-corrected chi connectivity index (χ0v) is 11.3. The molecule has 0 aliphatic heterocycles. The second-order valence-electron chi connectivity index (χ2n) is 5.25. The smallest absolute Gasteiger partial charge is 0.0402 e. The lowest BCUT2D eigenvalue weighted by Gasteiger charge is -2.32. The van der Waals surface area contributed by atoms with E-state index in [1.165, 1.54) is 36.0 Å². The number of nitrogens with one attached hydrogen (secondary N) is 1. The monoisotopic (exact) mass is 252 g/mol. The summed E-state index contributed by atoms with van der Waals surface area (Å²) in [6.45, 7) is 0. The molecule has 19 heavy (non-hydrogen) atoms. The van der Waals surface area contributed by atoms with Gasteiger partial charge in [-0.05, 0) is 49.1 Å². The molecule has 0 fully saturated rings. The van der Waals surface area contributed by atoms with Gasteiger partial charge >= 0.3 is 0 Å². The number of aryl methyl sites for hydroxylation is 1. The van der Waals surface area contributed by atoms with Crippen molar-refractivity contribution < 1.29 is 0 Å². The van der Waals surface area contributed by atoms with Crippen LogP contribution in [0.1, 0.15) is 41.5 Å². The third kappa shape index (κ3) is 2.41. The molecule has 2 unspecified atom stereocenters. The van der Waals surface area contributed by atoms with Crippen molar-refractivity contribution in [3.8, 4) is 0 Å². The summed E-state index contributed by atoms with van der Waals surface area (Å²) in [4.78, 5) is 4.26. The maximum atomic E-state index is 4.26. The van der Waals surface area contributed by atoms with Crippen LogP contribution in [0, 0.1) is 0 Å². The highest BCUT2D eigenvalue weighted by Gasteiger charge is 2.27. The van der Waals surface area contributed by atoms with Crippen molar-refractivity contribution in [3.05, 3.63) is 65.5 Å². The highest BCUT2D eigenvalue weighted by atomic mass is 14.9. The topological polar surface area (TPSA) is 24.9 Å². The predicted octanol–water partition coefficient (Wildman–Crippen LogP) is 3.46. The van der Waals surface area contributed by atoms with Gasteiger partial charge in [0, 0.05) is 24.4 Å². The summed E-state index contributed by atoms with van der Waals surface area (Å²) in [5, 5.41) is 3.49. The molecule has 1 aliphatic rings. The molecule has 0 radical (unpaired) electrons. The molecule has 2 aromatic rings. The van der Waals surface area contributed by atoms with Crippen molar-refractivity contribution in [2.75, 3.05) is 7.05 Å². The van der Waals surface area contributed by atoms with Gasteiger partial charge in [-0.1, -0.05) is 30.3 Å². The first-order chi connectivity index (χ1) is 9.40. The summed E-state index contributed by atoms with van der Waals surface area (Å²) in [6.07, 6.45) is 7.57. The second-order valence-corrected chi connectivity index (χ2v) is 5.25. The Morgan fingerprint density at radius 2 is 2.11 bits per heavy atom. The van der Waals surface area contributed by atoms with Crippen LogP contribution in [-0.2, 0) is 6.42 Å². The van der Waals surface area contributed by atoms with Gasteiger partial charge in [0.05, 0.1) is 0 Å². The summed E-state index contributed by atoms with van der Waals surface area (Å²) in [5.41, 5.74) is 4.31.